The average Bonchev–Trinajstić information content (AvgIpc) is 3.07. The van der Waals surface area contributed by atoms with Crippen LogP contribution in [0.1, 0.15) is 41.4 Å². The second-order valence-electron chi connectivity index (χ2n) is 9.71. The highest BCUT2D eigenvalue weighted by molar-refractivity contribution is 5.95. The quantitative estimate of drug-likeness (QED) is 0.0974. The van der Waals surface area contributed by atoms with Crippen LogP contribution in [0.4, 0.5) is 70.2 Å². The number of carbonyl (C=O) groups is 4. The minimum Gasteiger partial charge on any atom is -0.455 e. The first-order valence-electron chi connectivity index (χ1n) is 13.3. The molecule has 0 saturated carbocycles. The molecule has 0 atom stereocenters. The monoisotopic (exact) mass is 788 g/mol. The van der Waals surface area contributed by atoms with E-state index in [0.29, 0.717) is 6.07 Å². The van der Waals surface area contributed by atoms with Crippen LogP contribution in [0.2, 0.25) is 0 Å². The number of benzene rings is 2. The summed E-state index contributed by atoms with van der Waals surface area (Å²) in [6.07, 6.45) is -16.2. The van der Waals surface area contributed by atoms with E-state index in [9.17, 15) is 89.4 Å². The highest BCUT2D eigenvalue weighted by Gasteiger charge is 2.44. The van der Waals surface area contributed by atoms with E-state index in [4.69, 9.17) is 0 Å². The third-order valence-corrected chi connectivity index (χ3v) is 5.55. The summed E-state index contributed by atoms with van der Waals surface area (Å²) in [7, 11) is 0. The van der Waals surface area contributed by atoms with E-state index in [0.717, 1.165) is 42.5 Å². The Hall–Kier alpha value is -4.80. The molecule has 0 bridgehead atoms. The number of carbonyl (C=O) groups excluding carboxylic acids is 4. The Balaban J connectivity index is 0.000000520. The number of halogens is 16. The van der Waals surface area contributed by atoms with E-state index < -0.39 is 122 Å². The first kappa shape index (κ1) is 45.2. The molecular formula is C28H20F16O8. The average molecular weight is 788 g/mol. The van der Waals surface area contributed by atoms with Crippen molar-refractivity contribution in [2.75, 3.05) is 26.4 Å². The van der Waals surface area contributed by atoms with E-state index in [2.05, 4.69) is 18.9 Å². The van der Waals surface area contributed by atoms with Crippen molar-refractivity contribution in [2.45, 2.75) is 49.4 Å². The standard InChI is InChI=1S/2C14H10F8O4/c15-11(16)13(19,20)5-25-9(23)7-1-2-8(4-3-7)10(24)26-6-14(21,22)12(17)18;15-11(16)13(19,20)5-25-9(23)7-2-1-3-8(4-7)10(24)26-6-14(21,22)12(17)18/h2*1-4,11-12H,5-6H2. The third kappa shape index (κ3) is 14.1. The molecule has 0 heterocycles. The lowest BCUT2D eigenvalue weighted by Crippen LogP contribution is -2.33. The van der Waals surface area contributed by atoms with Crippen LogP contribution in [0.15, 0.2) is 48.5 Å². The second kappa shape index (κ2) is 18.6. The lowest BCUT2D eigenvalue weighted by molar-refractivity contribution is -0.155. The van der Waals surface area contributed by atoms with E-state index in [1.165, 1.54) is 0 Å². The minimum atomic E-state index is -4.59. The molecule has 0 aliphatic heterocycles. The van der Waals surface area contributed by atoms with Gasteiger partial charge in [-0.05, 0) is 42.5 Å². The van der Waals surface area contributed by atoms with Crippen LogP contribution in [0.25, 0.3) is 0 Å². The first-order valence-corrected chi connectivity index (χ1v) is 13.3. The molecule has 0 amide bonds. The number of ether oxygens (including phenoxy) is 4. The summed E-state index contributed by atoms with van der Waals surface area (Å²) in [5.74, 6) is -24.1. The van der Waals surface area contributed by atoms with Crippen LogP contribution < -0.4 is 0 Å². The van der Waals surface area contributed by atoms with Crippen LogP contribution in [-0.4, -0.2) is 99.7 Å². The topological polar surface area (TPSA) is 105 Å². The fourth-order valence-electron chi connectivity index (χ4n) is 2.75. The fraction of sp³-hybridized carbons (Fsp3) is 0.429. The van der Waals surface area contributed by atoms with Crippen molar-refractivity contribution in [3.8, 4) is 0 Å². The molecule has 2 aromatic rings. The van der Waals surface area contributed by atoms with Crippen molar-refractivity contribution in [1.82, 2.24) is 0 Å². The maximum atomic E-state index is 12.7. The maximum absolute atomic E-state index is 12.7. The Morgan fingerprint density at radius 3 is 0.827 bits per heavy atom. The van der Waals surface area contributed by atoms with Gasteiger partial charge in [-0.2, -0.15) is 35.1 Å². The third-order valence-electron chi connectivity index (χ3n) is 5.55. The predicted octanol–water partition coefficient (Wildman–Crippen LogP) is 7.60. The molecule has 0 saturated heterocycles. The highest BCUT2D eigenvalue weighted by atomic mass is 19.3. The van der Waals surface area contributed by atoms with Gasteiger partial charge in [0, 0.05) is 0 Å². The van der Waals surface area contributed by atoms with Gasteiger partial charge in [0.25, 0.3) is 0 Å². The summed E-state index contributed by atoms with van der Waals surface area (Å²) < 4.78 is 213. The van der Waals surface area contributed by atoms with Gasteiger partial charge in [0.1, 0.15) is 0 Å². The molecule has 0 N–H and O–H groups in total. The Morgan fingerprint density at radius 2 is 0.615 bits per heavy atom. The number of rotatable bonds is 16. The van der Waals surface area contributed by atoms with Crippen molar-refractivity contribution in [2.24, 2.45) is 0 Å². The number of esters is 4. The molecule has 52 heavy (non-hydrogen) atoms. The predicted molar refractivity (Wildman–Crippen MR) is 138 cm³/mol. The molecule has 0 aliphatic carbocycles. The summed E-state index contributed by atoms with van der Waals surface area (Å²) in [5.41, 5.74) is -1.93. The van der Waals surface area contributed by atoms with Gasteiger partial charge in [-0.1, -0.05) is 6.07 Å². The Kier molecular flexibility index (Phi) is 16.2. The molecule has 24 heteroatoms. The molecule has 0 fully saturated rings. The normalized spacial score (nSPS) is 12.4. The zero-order chi connectivity index (χ0) is 40.2. The van der Waals surface area contributed by atoms with Gasteiger partial charge >= 0.3 is 73.3 Å². The fourth-order valence-corrected chi connectivity index (χ4v) is 2.75. The number of alkyl halides is 16. The molecule has 8 nitrogen and oxygen atoms in total. The summed E-state index contributed by atoms with van der Waals surface area (Å²) >= 11 is 0. The van der Waals surface area contributed by atoms with Crippen molar-refractivity contribution in [1.29, 1.82) is 0 Å². The van der Waals surface area contributed by atoms with Gasteiger partial charge < -0.3 is 18.9 Å². The van der Waals surface area contributed by atoms with Crippen molar-refractivity contribution in [3.05, 3.63) is 70.8 Å². The van der Waals surface area contributed by atoms with Gasteiger partial charge in [0.2, 0.25) is 0 Å². The molecule has 0 unspecified atom stereocenters. The van der Waals surface area contributed by atoms with Crippen LogP contribution >= 0.6 is 0 Å². The molecule has 2 rings (SSSR count). The van der Waals surface area contributed by atoms with Crippen LogP contribution in [0.5, 0.6) is 0 Å². The largest absolute Gasteiger partial charge is 0.455 e. The SMILES string of the molecule is O=C(OCC(F)(F)C(F)F)c1ccc(C(=O)OCC(F)(F)C(F)F)cc1.O=C(OCC(F)(F)C(F)F)c1cccc(C(=O)OCC(F)(F)C(F)F)c1. The van der Waals surface area contributed by atoms with E-state index in [1.54, 1.807) is 0 Å². The van der Waals surface area contributed by atoms with Gasteiger partial charge in [-0.25, -0.2) is 54.3 Å². The Bertz CT molecular complexity index is 1390. The molecular weight excluding hydrogens is 768 g/mol. The van der Waals surface area contributed by atoms with E-state index >= 15 is 0 Å². The smallest absolute Gasteiger partial charge is 0.340 e. The Labute approximate surface area is 279 Å². The molecule has 0 radical (unpaired) electrons. The van der Waals surface area contributed by atoms with Crippen molar-refractivity contribution >= 4 is 23.9 Å². The van der Waals surface area contributed by atoms with Crippen LogP contribution in [-0.2, 0) is 18.9 Å². The Morgan fingerprint density at radius 1 is 0.404 bits per heavy atom. The molecule has 0 spiro atoms. The zero-order valence-corrected chi connectivity index (χ0v) is 25.1. The van der Waals surface area contributed by atoms with Crippen molar-refractivity contribution < 1.29 is 108 Å². The lowest BCUT2D eigenvalue weighted by atomic mass is 10.1. The summed E-state index contributed by atoms with van der Waals surface area (Å²) in [5, 5.41) is 0. The van der Waals surface area contributed by atoms with E-state index in [1.807, 2.05) is 0 Å². The first-order chi connectivity index (χ1) is 23.7. The zero-order valence-electron chi connectivity index (χ0n) is 25.1. The highest BCUT2D eigenvalue weighted by Crippen LogP contribution is 2.26. The minimum absolute atomic E-state index is 0.412. The summed E-state index contributed by atoms with van der Waals surface area (Å²) in [6.45, 7) is -7.62. The molecule has 292 valence electrons. The second-order valence-corrected chi connectivity index (χ2v) is 9.71. The molecule has 0 aliphatic rings. The summed E-state index contributed by atoms with van der Waals surface area (Å²) in [4.78, 5) is 45.9. The van der Waals surface area contributed by atoms with Gasteiger partial charge in [0.15, 0.2) is 26.4 Å². The summed E-state index contributed by atoms with van der Waals surface area (Å²) in [6, 6.07) is 6.93. The molecule has 0 aromatic heterocycles. The maximum Gasteiger partial charge on any atom is 0.340 e. The van der Waals surface area contributed by atoms with Crippen LogP contribution in [0, 0.1) is 0 Å². The van der Waals surface area contributed by atoms with E-state index in [-0.39, 0.29) is 0 Å². The van der Waals surface area contributed by atoms with Crippen LogP contribution in [0.3, 0.4) is 0 Å². The number of hydrogen-bond donors (Lipinski definition) is 0. The van der Waals surface area contributed by atoms with Gasteiger partial charge in [-0.3, -0.25) is 0 Å². The van der Waals surface area contributed by atoms with Crippen molar-refractivity contribution in [3.63, 3.8) is 0 Å². The number of hydrogen-bond acceptors (Lipinski definition) is 8. The molecule has 2 aromatic carbocycles. The lowest BCUT2D eigenvalue weighted by Gasteiger charge is -2.16. The van der Waals surface area contributed by atoms with Gasteiger partial charge in [-0.15, -0.1) is 0 Å². The van der Waals surface area contributed by atoms with Gasteiger partial charge in [0.05, 0.1) is 22.3 Å².